The van der Waals surface area contributed by atoms with E-state index in [1.54, 1.807) is 4.90 Å². The van der Waals surface area contributed by atoms with Crippen molar-refractivity contribution in [2.75, 3.05) is 25.0 Å². The lowest BCUT2D eigenvalue weighted by atomic mass is 9.65. The molecule has 1 aromatic carbocycles. The van der Waals surface area contributed by atoms with Gasteiger partial charge < -0.3 is 10.6 Å². The Morgan fingerprint density at radius 2 is 1.62 bits per heavy atom. The normalized spacial score (nSPS) is 22.2. The third-order valence-corrected chi connectivity index (χ3v) is 7.11. The standard InChI is InChI=1S/C22H24F7N3O2/c23-16-2-1-14(9-15(16)21(24,25)26)30-18(34)13-3-5-19(6-4-13)11-32(12-19)10-17(33)31-20(7-8-20)22(27,28)29/h1-2,9,13H,3-8,10-12H2,(H,30,34)(H,31,33). The number of benzene rings is 1. The monoisotopic (exact) mass is 495 g/mol. The van der Waals surface area contributed by atoms with Crippen molar-refractivity contribution in [2.24, 2.45) is 11.3 Å². The summed E-state index contributed by atoms with van der Waals surface area (Å²) in [6.45, 7) is 0.969. The molecule has 2 N–H and O–H groups in total. The van der Waals surface area contributed by atoms with Gasteiger partial charge in [-0.2, -0.15) is 26.3 Å². The first-order valence-electron chi connectivity index (χ1n) is 11.0. The van der Waals surface area contributed by atoms with Crippen LogP contribution in [0.3, 0.4) is 0 Å². The zero-order valence-electron chi connectivity index (χ0n) is 18.1. The molecule has 2 aliphatic carbocycles. The molecule has 4 rings (SSSR count). The Bertz CT molecular complexity index is 956. The van der Waals surface area contributed by atoms with Crippen molar-refractivity contribution >= 4 is 17.5 Å². The topological polar surface area (TPSA) is 61.4 Å². The molecule has 0 aromatic heterocycles. The quantitative estimate of drug-likeness (QED) is 0.592. The van der Waals surface area contributed by atoms with Crippen LogP contribution < -0.4 is 10.6 Å². The number of rotatable bonds is 5. The molecule has 1 saturated heterocycles. The van der Waals surface area contributed by atoms with E-state index in [0.29, 0.717) is 50.9 Å². The molecule has 0 atom stereocenters. The first-order chi connectivity index (χ1) is 15.7. The van der Waals surface area contributed by atoms with Crippen LogP contribution in [0.5, 0.6) is 0 Å². The lowest BCUT2D eigenvalue weighted by Gasteiger charge is -2.53. The molecule has 12 heteroatoms. The van der Waals surface area contributed by atoms with E-state index in [-0.39, 0.29) is 30.5 Å². The number of nitrogens with zero attached hydrogens (tertiary/aromatic N) is 1. The number of hydrogen-bond donors (Lipinski definition) is 2. The second kappa shape index (κ2) is 8.39. The van der Waals surface area contributed by atoms with Crippen LogP contribution in [0.25, 0.3) is 0 Å². The van der Waals surface area contributed by atoms with Crippen LogP contribution in [0.2, 0.25) is 0 Å². The van der Waals surface area contributed by atoms with E-state index in [1.165, 1.54) is 0 Å². The van der Waals surface area contributed by atoms with Gasteiger partial charge >= 0.3 is 12.4 Å². The van der Waals surface area contributed by atoms with Crippen LogP contribution in [0.4, 0.5) is 36.4 Å². The minimum atomic E-state index is -4.87. The predicted octanol–water partition coefficient (Wildman–Crippen LogP) is 4.49. The molecule has 0 radical (unpaired) electrons. The fourth-order valence-electron chi connectivity index (χ4n) is 5.00. The number of carbonyl (C=O) groups is 2. The molecule has 3 fully saturated rings. The van der Waals surface area contributed by atoms with Crippen molar-refractivity contribution in [3.8, 4) is 0 Å². The van der Waals surface area contributed by atoms with Crippen LogP contribution in [-0.4, -0.2) is 48.1 Å². The van der Waals surface area contributed by atoms with E-state index in [9.17, 15) is 40.3 Å². The van der Waals surface area contributed by atoms with E-state index in [0.717, 1.165) is 6.07 Å². The molecule has 1 aliphatic heterocycles. The van der Waals surface area contributed by atoms with Crippen molar-refractivity contribution in [1.29, 1.82) is 0 Å². The maximum absolute atomic E-state index is 13.4. The summed E-state index contributed by atoms with van der Waals surface area (Å²) in [5.41, 5.74) is -3.78. The highest BCUT2D eigenvalue weighted by Crippen LogP contribution is 2.49. The van der Waals surface area contributed by atoms with Gasteiger partial charge in [-0.3, -0.25) is 14.5 Å². The second-order valence-corrected chi connectivity index (χ2v) is 9.73. The maximum Gasteiger partial charge on any atom is 0.419 e. The predicted molar refractivity (Wildman–Crippen MR) is 107 cm³/mol. The van der Waals surface area contributed by atoms with Gasteiger partial charge in [0.05, 0.1) is 12.1 Å². The third kappa shape index (κ3) is 5.01. The van der Waals surface area contributed by atoms with E-state index in [4.69, 9.17) is 0 Å². The highest BCUT2D eigenvalue weighted by molar-refractivity contribution is 5.92. The van der Waals surface area contributed by atoms with Gasteiger partial charge in [0.2, 0.25) is 11.8 Å². The molecule has 3 aliphatic rings. The first-order valence-corrected chi connectivity index (χ1v) is 11.0. The average molecular weight is 495 g/mol. The Morgan fingerprint density at radius 3 is 2.15 bits per heavy atom. The van der Waals surface area contributed by atoms with Gasteiger partial charge in [0.15, 0.2) is 0 Å². The summed E-state index contributed by atoms with van der Waals surface area (Å²) in [5.74, 6) is -2.93. The Labute approximate surface area is 191 Å². The van der Waals surface area contributed by atoms with Crippen molar-refractivity contribution < 1.29 is 40.3 Å². The van der Waals surface area contributed by atoms with E-state index >= 15 is 0 Å². The number of nitrogens with one attached hydrogen (secondary N) is 2. The fraction of sp³-hybridized carbons (Fsp3) is 0.636. The van der Waals surface area contributed by atoms with Crippen molar-refractivity contribution in [1.82, 2.24) is 10.2 Å². The zero-order valence-corrected chi connectivity index (χ0v) is 18.1. The molecule has 2 saturated carbocycles. The van der Waals surface area contributed by atoms with E-state index < -0.39 is 47.0 Å². The van der Waals surface area contributed by atoms with Crippen molar-refractivity contribution in [3.05, 3.63) is 29.6 Å². The molecular weight excluding hydrogens is 471 g/mol. The highest BCUT2D eigenvalue weighted by Gasteiger charge is 2.64. The summed E-state index contributed by atoms with van der Waals surface area (Å²) >= 11 is 0. The van der Waals surface area contributed by atoms with Gasteiger partial charge in [0.1, 0.15) is 11.4 Å². The smallest absolute Gasteiger partial charge is 0.341 e. The average Bonchev–Trinajstić information content (AvgIpc) is 3.48. The number of carbonyl (C=O) groups excluding carboxylic acids is 2. The van der Waals surface area contributed by atoms with Crippen LogP contribution in [0.1, 0.15) is 44.1 Å². The van der Waals surface area contributed by atoms with E-state index in [1.807, 2.05) is 0 Å². The lowest BCUT2D eigenvalue weighted by molar-refractivity contribution is -0.171. The zero-order chi connectivity index (χ0) is 24.9. The summed E-state index contributed by atoms with van der Waals surface area (Å²) in [5, 5.41) is 4.54. The molecule has 1 spiro atoms. The second-order valence-electron chi connectivity index (χ2n) is 9.73. The summed E-state index contributed by atoms with van der Waals surface area (Å²) in [7, 11) is 0. The molecule has 34 heavy (non-hydrogen) atoms. The number of alkyl halides is 6. The van der Waals surface area contributed by atoms with Gasteiger partial charge in [-0.05, 0) is 62.1 Å². The van der Waals surface area contributed by atoms with Gasteiger partial charge in [0, 0.05) is 24.7 Å². The van der Waals surface area contributed by atoms with Crippen LogP contribution in [-0.2, 0) is 15.8 Å². The van der Waals surface area contributed by atoms with Gasteiger partial charge in [-0.25, -0.2) is 4.39 Å². The van der Waals surface area contributed by atoms with Crippen LogP contribution in [0, 0.1) is 17.2 Å². The minimum Gasteiger partial charge on any atom is -0.341 e. The lowest BCUT2D eigenvalue weighted by Crippen LogP contribution is -2.61. The summed E-state index contributed by atoms with van der Waals surface area (Å²) in [6.07, 6.45) is -7.23. The first kappa shape index (κ1) is 24.7. The minimum absolute atomic E-state index is 0.106. The summed E-state index contributed by atoms with van der Waals surface area (Å²) < 4.78 is 91.0. The maximum atomic E-state index is 13.4. The number of hydrogen-bond acceptors (Lipinski definition) is 3. The highest BCUT2D eigenvalue weighted by atomic mass is 19.4. The fourth-order valence-corrected chi connectivity index (χ4v) is 5.00. The Kier molecular flexibility index (Phi) is 6.10. The van der Waals surface area contributed by atoms with Crippen molar-refractivity contribution in [2.45, 2.75) is 56.4 Å². The number of halogens is 7. The Morgan fingerprint density at radius 1 is 1.00 bits per heavy atom. The Balaban J connectivity index is 1.23. The van der Waals surface area contributed by atoms with Crippen LogP contribution in [0.15, 0.2) is 18.2 Å². The van der Waals surface area contributed by atoms with Gasteiger partial charge in [0.25, 0.3) is 0 Å². The molecule has 0 bridgehead atoms. The Hall–Kier alpha value is -2.37. The number of anilines is 1. The third-order valence-electron chi connectivity index (χ3n) is 7.11. The van der Waals surface area contributed by atoms with Crippen molar-refractivity contribution in [3.63, 3.8) is 0 Å². The molecule has 2 amide bonds. The molecule has 5 nitrogen and oxygen atoms in total. The molecule has 1 heterocycles. The summed E-state index contributed by atoms with van der Waals surface area (Å²) in [4.78, 5) is 26.3. The largest absolute Gasteiger partial charge is 0.419 e. The van der Waals surface area contributed by atoms with Gasteiger partial charge in [-0.15, -0.1) is 0 Å². The van der Waals surface area contributed by atoms with E-state index in [2.05, 4.69) is 10.6 Å². The summed E-state index contributed by atoms with van der Waals surface area (Å²) in [6, 6.07) is 2.30. The molecular formula is C22H24F7N3O2. The van der Waals surface area contributed by atoms with Crippen LogP contribution >= 0.6 is 0 Å². The molecule has 188 valence electrons. The van der Waals surface area contributed by atoms with Gasteiger partial charge in [-0.1, -0.05) is 0 Å². The molecule has 0 unspecified atom stereocenters. The number of amides is 2. The molecule has 1 aromatic rings. The SMILES string of the molecule is O=C(CN1CC2(CCC(C(=O)Nc3ccc(F)c(C(F)(F)F)c3)CC2)C1)NC1(C(F)(F)F)CC1. The number of likely N-dealkylation sites (tertiary alicyclic amines) is 1.